The summed E-state index contributed by atoms with van der Waals surface area (Å²) in [4.78, 5) is 8.71. The van der Waals surface area contributed by atoms with Crippen molar-refractivity contribution < 1.29 is 4.74 Å². The third-order valence-corrected chi connectivity index (χ3v) is 2.77. The SMILES string of the molecule is CCNC(=NCc1ccc(OC)nc1)NC(C)CC. The van der Waals surface area contributed by atoms with Crippen molar-refractivity contribution in [1.82, 2.24) is 15.6 Å². The summed E-state index contributed by atoms with van der Waals surface area (Å²) >= 11 is 0. The number of nitrogens with one attached hydrogen (secondary N) is 2. The first-order valence-electron chi connectivity index (χ1n) is 6.73. The van der Waals surface area contributed by atoms with Gasteiger partial charge in [0.1, 0.15) is 0 Å². The highest BCUT2D eigenvalue weighted by atomic mass is 16.5. The van der Waals surface area contributed by atoms with Gasteiger partial charge in [0.15, 0.2) is 5.96 Å². The highest BCUT2D eigenvalue weighted by Crippen LogP contribution is 2.07. The molecule has 1 aromatic heterocycles. The van der Waals surface area contributed by atoms with Crippen molar-refractivity contribution in [2.75, 3.05) is 13.7 Å². The van der Waals surface area contributed by atoms with Gasteiger partial charge in [-0.05, 0) is 25.8 Å². The van der Waals surface area contributed by atoms with Gasteiger partial charge in [-0.1, -0.05) is 13.0 Å². The number of methoxy groups -OCH3 is 1. The number of nitrogens with zero attached hydrogens (tertiary/aromatic N) is 2. The molecule has 19 heavy (non-hydrogen) atoms. The Bertz CT molecular complexity index is 389. The van der Waals surface area contributed by atoms with Crippen LogP contribution >= 0.6 is 0 Å². The summed E-state index contributed by atoms with van der Waals surface area (Å²) in [5, 5.41) is 6.59. The lowest BCUT2D eigenvalue weighted by molar-refractivity contribution is 0.397. The lowest BCUT2D eigenvalue weighted by atomic mass is 10.3. The molecular weight excluding hydrogens is 240 g/mol. The van der Waals surface area contributed by atoms with Crippen molar-refractivity contribution >= 4 is 5.96 Å². The maximum atomic E-state index is 5.03. The Morgan fingerprint density at radius 2 is 2.21 bits per heavy atom. The molecule has 5 heteroatoms. The highest BCUT2D eigenvalue weighted by Gasteiger charge is 2.02. The van der Waals surface area contributed by atoms with E-state index in [0.717, 1.165) is 24.5 Å². The normalized spacial score (nSPS) is 12.9. The van der Waals surface area contributed by atoms with Gasteiger partial charge in [0.05, 0.1) is 13.7 Å². The molecule has 1 atom stereocenters. The van der Waals surface area contributed by atoms with Gasteiger partial charge in [-0.15, -0.1) is 0 Å². The summed E-state index contributed by atoms with van der Waals surface area (Å²) in [6, 6.07) is 4.23. The Hall–Kier alpha value is -1.78. The average Bonchev–Trinajstić information content (AvgIpc) is 2.45. The minimum atomic E-state index is 0.409. The zero-order valence-electron chi connectivity index (χ0n) is 12.2. The number of aliphatic imine (C=N–C) groups is 1. The van der Waals surface area contributed by atoms with Gasteiger partial charge in [0.2, 0.25) is 5.88 Å². The van der Waals surface area contributed by atoms with E-state index in [0.29, 0.717) is 18.5 Å². The van der Waals surface area contributed by atoms with Crippen LogP contribution in [0.2, 0.25) is 0 Å². The molecule has 1 aromatic rings. The van der Waals surface area contributed by atoms with Gasteiger partial charge in [0.25, 0.3) is 0 Å². The van der Waals surface area contributed by atoms with E-state index in [1.165, 1.54) is 0 Å². The number of hydrogen-bond acceptors (Lipinski definition) is 3. The molecular formula is C14H24N4O. The maximum Gasteiger partial charge on any atom is 0.212 e. The third kappa shape index (κ3) is 5.59. The second-order valence-electron chi connectivity index (χ2n) is 4.36. The Morgan fingerprint density at radius 1 is 1.42 bits per heavy atom. The van der Waals surface area contributed by atoms with Gasteiger partial charge in [0, 0.05) is 24.8 Å². The fraction of sp³-hybridized carbons (Fsp3) is 0.571. The second kappa shape index (κ2) is 8.34. The Labute approximate surface area is 115 Å². The maximum absolute atomic E-state index is 5.03. The molecule has 2 N–H and O–H groups in total. The molecule has 0 aliphatic rings. The molecule has 5 nitrogen and oxygen atoms in total. The van der Waals surface area contributed by atoms with E-state index >= 15 is 0 Å². The van der Waals surface area contributed by atoms with Crippen LogP contribution in [0, 0.1) is 0 Å². The van der Waals surface area contributed by atoms with Crippen LogP contribution in [0.4, 0.5) is 0 Å². The average molecular weight is 264 g/mol. The van der Waals surface area contributed by atoms with Crippen LogP contribution in [-0.2, 0) is 6.54 Å². The number of pyridine rings is 1. The van der Waals surface area contributed by atoms with E-state index in [-0.39, 0.29) is 0 Å². The molecule has 0 radical (unpaired) electrons. The lowest BCUT2D eigenvalue weighted by Crippen LogP contribution is -2.41. The van der Waals surface area contributed by atoms with Gasteiger partial charge in [-0.3, -0.25) is 0 Å². The van der Waals surface area contributed by atoms with Gasteiger partial charge >= 0.3 is 0 Å². The molecule has 0 saturated heterocycles. The van der Waals surface area contributed by atoms with Crippen LogP contribution in [0.1, 0.15) is 32.8 Å². The van der Waals surface area contributed by atoms with E-state index in [1.54, 1.807) is 13.3 Å². The first-order chi connectivity index (χ1) is 9.19. The molecule has 0 amide bonds. The summed E-state index contributed by atoms with van der Waals surface area (Å²) < 4.78 is 5.03. The largest absolute Gasteiger partial charge is 0.481 e. The molecule has 0 aliphatic carbocycles. The van der Waals surface area contributed by atoms with E-state index in [1.807, 2.05) is 12.1 Å². The minimum absolute atomic E-state index is 0.409. The molecule has 1 heterocycles. The van der Waals surface area contributed by atoms with Crippen LogP contribution in [0.15, 0.2) is 23.3 Å². The smallest absolute Gasteiger partial charge is 0.212 e. The highest BCUT2D eigenvalue weighted by molar-refractivity contribution is 5.80. The summed E-state index contributed by atoms with van der Waals surface area (Å²) in [7, 11) is 1.61. The van der Waals surface area contributed by atoms with Gasteiger partial charge in [-0.2, -0.15) is 0 Å². The van der Waals surface area contributed by atoms with E-state index in [4.69, 9.17) is 4.74 Å². The van der Waals surface area contributed by atoms with Crippen LogP contribution < -0.4 is 15.4 Å². The number of rotatable bonds is 6. The first kappa shape index (κ1) is 15.3. The van der Waals surface area contributed by atoms with Crippen molar-refractivity contribution in [2.24, 2.45) is 4.99 Å². The lowest BCUT2D eigenvalue weighted by Gasteiger charge is -2.16. The Morgan fingerprint density at radius 3 is 2.74 bits per heavy atom. The van der Waals surface area contributed by atoms with E-state index < -0.39 is 0 Å². The fourth-order valence-electron chi connectivity index (χ4n) is 1.45. The van der Waals surface area contributed by atoms with Crippen molar-refractivity contribution in [3.8, 4) is 5.88 Å². The van der Waals surface area contributed by atoms with Crippen LogP contribution in [0.25, 0.3) is 0 Å². The fourth-order valence-corrected chi connectivity index (χ4v) is 1.45. The van der Waals surface area contributed by atoms with Crippen LogP contribution in [-0.4, -0.2) is 30.6 Å². The van der Waals surface area contributed by atoms with Crippen molar-refractivity contribution in [3.63, 3.8) is 0 Å². The quantitative estimate of drug-likeness (QED) is 0.609. The first-order valence-corrected chi connectivity index (χ1v) is 6.73. The topological polar surface area (TPSA) is 58.5 Å². The number of guanidine groups is 1. The number of hydrogen-bond donors (Lipinski definition) is 2. The summed E-state index contributed by atoms with van der Waals surface area (Å²) in [6.07, 6.45) is 2.85. The summed E-state index contributed by atoms with van der Waals surface area (Å²) in [5.74, 6) is 1.46. The van der Waals surface area contributed by atoms with E-state index in [2.05, 4.69) is 41.4 Å². The number of aromatic nitrogens is 1. The third-order valence-electron chi connectivity index (χ3n) is 2.77. The van der Waals surface area contributed by atoms with Crippen molar-refractivity contribution in [1.29, 1.82) is 0 Å². The monoisotopic (exact) mass is 264 g/mol. The zero-order valence-corrected chi connectivity index (χ0v) is 12.2. The molecule has 0 aliphatic heterocycles. The molecule has 0 fully saturated rings. The van der Waals surface area contributed by atoms with Gasteiger partial charge in [-0.25, -0.2) is 9.98 Å². The number of ether oxygens (including phenoxy) is 1. The minimum Gasteiger partial charge on any atom is -0.481 e. The zero-order chi connectivity index (χ0) is 14.1. The summed E-state index contributed by atoms with van der Waals surface area (Å²) in [6.45, 7) is 7.80. The molecule has 106 valence electrons. The predicted molar refractivity (Wildman–Crippen MR) is 78.5 cm³/mol. The molecule has 1 unspecified atom stereocenters. The molecule has 1 rings (SSSR count). The van der Waals surface area contributed by atoms with Crippen LogP contribution in [0.3, 0.4) is 0 Å². The van der Waals surface area contributed by atoms with E-state index in [9.17, 15) is 0 Å². The Balaban J connectivity index is 2.62. The second-order valence-corrected chi connectivity index (χ2v) is 4.36. The standard InChI is InChI=1S/C14H24N4O/c1-5-11(3)18-14(15-6-2)17-10-12-7-8-13(19-4)16-9-12/h7-9,11H,5-6,10H2,1-4H3,(H2,15,17,18). The van der Waals surface area contributed by atoms with Gasteiger partial charge < -0.3 is 15.4 Å². The van der Waals surface area contributed by atoms with Crippen LogP contribution in [0.5, 0.6) is 5.88 Å². The molecule has 0 bridgehead atoms. The molecule has 0 saturated carbocycles. The molecule has 0 aromatic carbocycles. The predicted octanol–water partition coefficient (Wildman–Crippen LogP) is 1.94. The van der Waals surface area contributed by atoms with Crippen molar-refractivity contribution in [3.05, 3.63) is 23.9 Å². The molecule has 0 spiro atoms. The Kier molecular flexibility index (Phi) is 6.71. The van der Waals surface area contributed by atoms with Crippen molar-refractivity contribution in [2.45, 2.75) is 39.8 Å². The summed E-state index contributed by atoms with van der Waals surface area (Å²) in [5.41, 5.74) is 1.06.